The van der Waals surface area contributed by atoms with E-state index in [4.69, 9.17) is 5.73 Å². The van der Waals surface area contributed by atoms with Gasteiger partial charge in [-0.3, -0.25) is 14.6 Å². The molecule has 0 aliphatic carbocycles. The molecular formula is C14H22N4O2. The average Bonchev–Trinajstić information content (AvgIpc) is 2.39. The molecule has 6 heteroatoms. The second-order valence-electron chi connectivity index (χ2n) is 4.62. The van der Waals surface area contributed by atoms with Gasteiger partial charge in [-0.25, -0.2) is 0 Å². The molecule has 110 valence electrons. The summed E-state index contributed by atoms with van der Waals surface area (Å²) in [5.74, 6) is -0.459. The zero-order chi connectivity index (χ0) is 15.1. The Morgan fingerprint density at radius 2 is 2.05 bits per heavy atom. The molecule has 0 aliphatic rings. The number of nitrogens with two attached hydrogens (primary N) is 1. The molecule has 6 nitrogen and oxygen atoms in total. The maximum absolute atomic E-state index is 12.2. The lowest BCUT2D eigenvalue weighted by atomic mass is 10.2. The van der Waals surface area contributed by atoms with Gasteiger partial charge in [0.15, 0.2) is 0 Å². The van der Waals surface area contributed by atoms with Gasteiger partial charge < -0.3 is 16.0 Å². The molecule has 1 aromatic heterocycles. The lowest BCUT2D eigenvalue weighted by molar-refractivity contribution is -0.118. The Morgan fingerprint density at radius 1 is 1.40 bits per heavy atom. The van der Waals surface area contributed by atoms with E-state index in [0.29, 0.717) is 18.8 Å². The summed E-state index contributed by atoms with van der Waals surface area (Å²) >= 11 is 0. The summed E-state index contributed by atoms with van der Waals surface area (Å²) in [7, 11) is 0. The van der Waals surface area contributed by atoms with E-state index in [9.17, 15) is 9.59 Å². The minimum absolute atomic E-state index is 0.0914. The van der Waals surface area contributed by atoms with Gasteiger partial charge in [-0.2, -0.15) is 0 Å². The van der Waals surface area contributed by atoms with E-state index in [2.05, 4.69) is 10.3 Å². The average molecular weight is 278 g/mol. The zero-order valence-electron chi connectivity index (χ0n) is 12.2. The molecule has 0 spiro atoms. The Kier molecular flexibility index (Phi) is 5.96. The first kappa shape index (κ1) is 15.9. The molecule has 0 saturated heterocycles. The van der Waals surface area contributed by atoms with Gasteiger partial charge in [0.05, 0.1) is 0 Å². The minimum Gasteiger partial charge on any atom is -0.382 e. The quantitative estimate of drug-likeness (QED) is 0.785. The highest BCUT2D eigenvalue weighted by atomic mass is 16.2. The second-order valence-corrected chi connectivity index (χ2v) is 4.62. The molecule has 2 amide bonds. The van der Waals surface area contributed by atoms with E-state index < -0.39 is 0 Å². The number of nitrogens with one attached hydrogen (secondary N) is 1. The topological polar surface area (TPSA) is 88.3 Å². The van der Waals surface area contributed by atoms with Gasteiger partial charge in [-0.15, -0.1) is 0 Å². The van der Waals surface area contributed by atoms with Gasteiger partial charge in [0.25, 0.3) is 5.91 Å². The molecule has 0 bridgehead atoms. The van der Waals surface area contributed by atoms with Gasteiger partial charge in [0.1, 0.15) is 5.69 Å². The highest BCUT2D eigenvalue weighted by Gasteiger charge is 2.14. The summed E-state index contributed by atoms with van der Waals surface area (Å²) in [6, 6.07) is 3.36. The largest absolute Gasteiger partial charge is 0.382 e. The fourth-order valence-electron chi connectivity index (χ4n) is 1.95. The van der Waals surface area contributed by atoms with Gasteiger partial charge in [0.2, 0.25) is 5.91 Å². The van der Waals surface area contributed by atoms with Crippen molar-refractivity contribution in [3.05, 3.63) is 24.0 Å². The minimum atomic E-state index is -0.363. The number of hydrogen-bond donors (Lipinski definition) is 2. The van der Waals surface area contributed by atoms with Gasteiger partial charge in [-0.1, -0.05) is 0 Å². The summed E-state index contributed by atoms with van der Waals surface area (Å²) in [6.45, 7) is 7.01. The second kappa shape index (κ2) is 7.47. The molecule has 0 fully saturated rings. The summed E-state index contributed by atoms with van der Waals surface area (Å²) in [5.41, 5.74) is 6.30. The Morgan fingerprint density at radius 3 is 2.60 bits per heavy atom. The van der Waals surface area contributed by atoms with Crippen molar-refractivity contribution in [1.82, 2.24) is 9.88 Å². The molecule has 0 aromatic carbocycles. The molecule has 1 unspecified atom stereocenters. The fourth-order valence-corrected chi connectivity index (χ4v) is 1.95. The van der Waals surface area contributed by atoms with Gasteiger partial charge in [-0.05, 0) is 32.9 Å². The van der Waals surface area contributed by atoms with Crippen molar-refractivity contribution in [2.24, 2.45) is 5.73 Å². The third-order valence-corrected chi connectivity index (χ3v) is 2.95. The number of nitrogens with zero attached hydrogens (tertiary/aromatic N) is 2. The molecule has 1 rings (SSSR count). The van der Waals surface area contributed by atoms with Crippen LogP contribution in [0, 0.1) is 0 Å². The molecule has 0 saturated carbocycles. The van der Waals surface area contributed by atoms with Crippen LogP contribution < -0.4 is 11.1 Å². The monoisotopic (exact) mass is 278 g/mol. The Bertz CT molecular complexity index is 472. The lowest BCUT2D eigenvalue weighted by Crippen LogP contribution is -2.31. The molecule has 0 radical (unpaired) electrons. The molecule has 1 heterocycles. The van der Waals surface area contributed by atoms with E-state index in [-0.39, 0.29) is 24.3 Å². The van der Waals surface area contributed by atoms with Crippen molar-refractivity contribution in [3.8, 4) is 0 Å². The number of carbonyl (C=O) groups is 2. The zero-order valence-corrected chi connectivity index (χ0v) is 12.2. The number of anilines is 1. The van der Waals surface area contributed by atoms with Crippen molar-refractivity contribution in [1.29, 1.82) is 0 Å². The van der Waals surface area contributed by atoms with E-state index >= 15 is 0 Å². The third kappa shape index (κ3) is 4.53. The summed E-state index contributed by atoms with van der Waals surface area (Å²) in [5, 5.41) is 3.13. The number of amides is 2. The number of hydrogen-bond acceptors (Lipinski definition) is 4. The van der Waals surface area contributed by atoms with Crippen LogP contribution >= 0.6 is 0 Å². The maximum atomic E-state index is 12.2. The van der Waals surface area contributed by atoms with Crippen LogP contribution in [0.5, 0.6) is 0 Å². The third-order valence-electron chi connectivity index (χ3n) is 2.95. The van der Waals surface area contributed by atoms with Crippen LogP contribution in [-0.2, 0) is 4.79 Å². The van der Waals surface area contributed by atoms with Gasteiger partial charge >= 0.3 is 0 Å². The fraction of sp³-hybridized carbons (Fsp3) is 0.500. The molecule has 1 aromatic rings. The first-order chi connectivity index (χ1) is 9.47. The Labute approximate surface area is 119 Å². The SMILES string of the molecule is CCN(CC)C(=O)c1cc(NC(C)CC(N)=O)ccn1. The highest BCUT2D eigenvalue weighted by Crippen LogP contribution is 2.12. The smallest absolute Gasteiger partial charge is 0.272 e. The van der Waals surface area contributed by atoms with Crippen LogP contribution in [0.25, 0.3) is 0 Å². The van der Waals surface area contributed by atoms with Crippen molar-refractivity contribution in [3.63, 3.8) is 0 Å². The van der Waals surface area contributed by atoms with E-state index in [0.717, 1.165) is 5.69 Å². The molecule has 20 heavy (non-hydrogen) atoms. The predicted molar refractivity (Wildman–Crippen MR) is 78.4 cm³/mol. The van der Waals surface area contributed by atoms with Crippen LogP contribution in [0.4, 0.5) is 5.69 Å². The van der Waals surface area contributed by atoms with E-state index in [1.807, 2.05) is 20.8 Å². The number of aromatic nitrogens is 1. The maximum Gasteiger partial charge on any atom is 0.272 e. The van der Waals surface area contributed by atoms with Crippen LogP contribution in [-0.4, -0.2) is 40.8 Å². The normalized spacial score (nSPS) is 11.8. The van der Waals surface area contributed by atoms with Crippen molar-refractivity contribution >= 4 is 17.5 Å². The van der Waals surface area contributed by atoms with Crippen molar-refractivity contribution < 1.29 is 9.59 Å². The summed E-state index contributed by atoms with van der Waals surface area (Å²) < 4.78 is 0. The molecular weight excluding hydrogens is 256 g/mol. The molecule has 1 atom stereocenters. The lowest BCUT2D eigenvalue weighted by Gasteiger charge is -2.19. The summed E-state index contributed by atoms with van der Waals surface area (Å²) in [4.78, 5) is 28.8. The number of pyridine rings is 1. The van der Waals surface area contributed by atoms with Crippen LogP contribution in [0.2, 0.25) is 0 Å². The van der Waals surface area contributed by atoms with Crippen molar-refractivity contribution in [2.75, 3.05) is 18.4 Å². The number of primary amides is 1. The number of rotatable bonds is 7. The van der Waals surface area contributed by atoms with E-state index in [1.165, 1.54) is 0 Å². The van der Waals surface area contributed by atoms with Crippen molar-refractivity contribution in [2.45, 2.75) is 33.2 Å². The standard InChI is InChI=1S/C14H22N4O2/c1-4-18(5-2)14(20)12-9-11(6-7-16-12)17-10(3)8-13(15)19/h6-7,9-10H,4-5,8H2,1-3H3,(H2,15,19)(H,16,17). The van der Waals surface area contributed by atoms with Crippen LogP contribution in [0.15, 0.2) is 18.3 Å². The number of carbonyl (C=O) groups excluding carboxylic acids is 2. The van der Waals surface area contributed by atoms with Crippen LogP contribution in [0.3, 0.4) is 0 Å². The van der Waals surface area contributed by atoms with Crippen LogP contribution in [0.1, 0.15) is 37.7 Å². The Hall–Kier alpha value is -2.11. The van der Waals surface area contributed by atoms with Gasteiger partial charge in [0, 0.05) is 37.4 Å². The Balaban J connectivity index is 2.80. The molecule has 3 N–H and O–H groups in total. The molecule has 0 aliphatic heterocycles. The predicted octanol–water partition coefficient (Wildman–Crippen LogP) is 1.24. The first-order valence-corrected chi connectivity index (χ1v) is 6.78. The first-order valence-electron chi connectivity index (χ1n) is 6.78. The van der Waals surface area contributed by atoms with E-state index in [1.54, 1.807) is 23.2 Å². The summed E-state index contributed by atoms with van der Waals surface area (Å²) in [6.07, 6.45) is 1.82. The highest BCUT2D eigenvalue weighted by molar-refractivity contribution is 5.93.